The molecule has 7 nitrogen and oxygen atoms in total. The maximum Gasteiger partial charge on any atom is 0.416 e. The summed E-state index contributed by atoms with van der Waals surface area (Å²) in [6.07, 6.45) is 3.05. The van der Waals surface area contributed by atoms with Gasteiger partial charge in [-0.05, 0) is 24.6 Å². The van der Waals surface area contributed by atoms with E-state index in [0.29, 0.717) is 34.7 Å². The number of hydrogen-bond donors (Lipinski definition) is 2. The summed E-state index contributed by atoms with van der Waals surface area (Å²) in [5, 5.41) is 2.85. The number of nitrogens with zero attached hydrogens (tertiary/aromatic N) is 4. The molecule has 3 aromatic heterocycles. The van der Waals surface area contributed by atoms with E-state index in [1.54, 1.807) is 18.6 Å². The monoisotopic (exact) mass is 414 g/mol. The number of amides is 1. The first-order chi connectivity index (χ1) is 14.4. The van der Waals surface area contributed by atoms with E-state index < -0.39 is 11.7 Å². The van der Waals surface area contributed by atoms with Crippen molar-refractivity contribution < 1.29 is 18.0 Å². The van der Waals surface area contributed by atoms with Crippen LogP contribution in [0.25, 0.3) is 22.6 Å². The molecule has 3 heterocycles. The van der Waals surface area contributed by atoms with Crippen LogP contribution in [0.15, 0.2) is 55.2 Å². The largest absolute Gasteiger partial charge is 0.416 e. The van der Waals surface area contributed by atoms with Crippen molar-refractivity contribution in [1.29, 1.82) is 0 Å². The number of carbonyl (C=O) groups excluding carboxylic acids is 1. The topological polar surface area (TPSA) is 88.5 Å². The highest BCUT2D eigenvalue weighted by atomic mass is 19.4. The number of rotatable bonds is 6. The van der Waals surface area contributed by atoms with E-state index in [0.717, 1.165) is 25.1 Å². The molecule has 2 N–H and O–H groups in total. The number of halogens is 3. The predicted octanol–water partition coefficient (Wildman–Crippen LogP) is 3.66. The van der Waals surface area contributed by atoms with E-state index in [4.69, 9.17) is 0 Å². The number of aromatic amines is 1. The summed E-state index contributed by atoms with van der Waals surface area (Å²) in [6, 6.07) is 6.21. The van der Waals surface area contributed by atoms with Gasteiger partial charge in [-0.15, -0.1) is 0 Å². The van der Waals surface area contributed by atoms with Crippen LogP contribution in [0.2, 0.25) is 0 Å². The second-order valence-corrected chi connectivity index (χ2v) is 6.63. The number of hydrogen-bond acceptors (Lipinski definition) is 4. The first-order valence-corrected chi connectivity index (χ1v) is 9.18. The molecule has 0 atom stereocenters. The number of alkyl halides is 3. The molecule has 0 fully saturated rings. The maximum atomic E-state index is 12.8. The molecule has 1 aromatic carbocycles. The highest BCUT2D eigenvalue weighted by molar-refractivity contribution is 6.04. The normalized spacial score (nSPS) is 11.7. The van der Waals surface area contributed by atoms with Crippen molar-refractivity contribution in [3.8, 4) is 11.4 Å². The van der Waals surface area contributed by atoms with Gasteiger partial charge in [0.1, 0.15) is 5.82 Å². The van der Waals surface area contributed by atoms with Gasteiger partial charge < -0.3 is 14.9 Å². The van der Waals surface area contributed by atoms with Crippen LogP contribution in [0.5, 0.6) is 0 Å². The number of H-pyrrole nitrogens is 1. The first-order valence-electron chi connectivity index (χ1n) is 9.18. The third-order valence-corrected chi connectivity index (χ3v) is 4.56. The smallest absolute Gasteiger partial charge is 0.352 e. The van der Waals surface area contributed by atoms with Crippen LogP contribution in [-0.4, -0.2) is 37.0 Å². The lowest BCUT2D eigenvalue weighted by Crippen LogP contribution is -2.25. The van der Waals surface area contributed by atoms with Gasteiger partial charge in [0.05, 0.1) is 23.0 Å². The van der Waals surface area contributed by atoms with Gasteiger partial charge in [-0.25, -0.2) is 15.0 Å². The SMILES string of the molecule is O=C(NCCCn1ccnc1)c1ccnc2nc(-c3ccc(C(F)(F)F)cc3)[nH]c12. The lowest BCUT2D eigenvalue weighted by Gasteiger charge is -2.06. The number of pyridine rings is 1. The van der Waals surface area contributed by atoms with Crippen LogP contribution >= 0.6 is 0 Å². The summed E-state index contributed by atoms with van der Waals surface area (Å²) in [5.74, 6) is 0.0576. The highest BCUT2D eigenvalue weighted by Crippen LogP contribution is 2.31. The van der Waals surface area contributed by atoms with Crippen LogP contribution in [-0.2, 0) is 12.7 Å². The molecule has 0 aliphatic carbocycles. The molecule has 10 heteroatoms. The lowest BCUT2D eigenvalue weighted by atomic mass is 10.1. The third kappa shape index (κ3) is 4.17. The minimum absolute atomic E-state index is 0.282. The fourth-order valence-corrected chi connectivity index (χ4v) is 3.03. The van der Waals surface area contributed by atoms with E-state index in [-0.39, 0.29) is 5.91 Å². The minimum atomic E-state index is -4.41. The number of aromatic nitrogens is 5. The zero-order chi connectivity index (χ0) is 21.1. The fraction of sp³-hybridized carbons (Fsp3) is 0.200. The van der Waals surface area contributed by atoms with Gasteiger partial charge in [0.2, 0.25) is 0 Å². The van der Waals surface area contributed by atoms with E-state index in [1.807, 2.05) is 10.8 Å². The Morgan fingerprint density at radius 2 is 1.93 bits per heavy atom. The molecule has 154 valence electrons. The van der Waals surface area contributed by atoms with E-state index >= 15 is 0 Å². The Kier molecular flexibility index (Phi) is 5.21. The third-order valence-electron chi connectivity index (χ3n) is 4.56. The van der Waals surface area contributed by atoms with Crippen molar-refractivity contribution >= 4 is 17.1 Å². The van der Waals surface area contributed by atoms with Gasteiger partial charge in [0.25, 0.3) is 5.91 Å². The molecule has 0 spiro atoms. The number of aryl methyl sites for hydroxylation is 1. The minimum Gasteiger partial charge on any atom is -0.352 e. The number of fused-ring (bicyclic) bond motifs is 1. The fourth-order valence-electron chi connectivity index (χ4n) is 3.03. The molecule has 4 aromatic rings. The van der Waals surface area contributed by atoms with E-state index in [1.165, 1.54) is 18.3 Å². The van der Waals surface area contributed by atoms with Crippen molar-refractivity contribution in [2.45, 2.75) is 19.1 Å². The maximum absolute atomic E-state index is 12.8. The average Bonchev–Trinajstić information content (AvgIpc) is 3.40. The number of benzene rings is 1. The quantitative estimate of drug-likeness (QED) is 0.472. The Labute approximate surface area is 169 Å². The van der Waals surface area contributed by atoms with Crippen LogP contribution in [0.3, 0.4) is 0 Å². The number of imidazole rings is 2. The number of nitrogens with one attached hydrogen (secondary N) is 2. The van der Waals surface area contributed by atoms with Crippen LogP contribution < -0.4 is 5.32 Å². The molecule has 4 rings (SSSR count). The molecule has 0 saturated carbocycles. The van der Waals surface area contributed by atoms with Crippen molar-refractivity contribution in [1.82, 2.24) is 29.8 Å². The summed E-state index contributed by atoms with van der Waals surface area (Å²) >= 11 is 0. The Hall–Kier alpha value is -3.69. The summed E-state index contributed by atoms with van der Waals surface area (Å²) in [4.78, 5) is 28.0. The van der Waals surface area contributed by atoms with Crippen molar-refractivity contribution in [2.24, 2.45) is 0 Å². The zero-order valence-corrected chi connectivity index (χ0v) is 15.6. The zero-order valence-electron chi connectivity index (χ0n) is 15.6. The molecule has 1 amide bonds. The molecule has 0 aliphatic rings. The molecule has 0 unspecified atom stereocenters. The van der Waals surface area contributed by atoms with E-state index in [2.05, 4.69) is 25.3 Å². The van der Waals surface area contributed by atoms with Crippen molar-refractivity contribution in [2.75, 3.05) is 6.54 Å². The Bertz CT molecular complexity index is 1150. The van der Waals surface area contributed by atoms with Crippen molar-refractivity contribution in [3.63, 3.8) is 0 Å². The van der Waals surface area contributed by atoms with Gasteiger partial charge >= 0.3 is 6.18 Å². The van der Waals surface area contributed by atoms with Crippen LogP contribution in [0, 0.1) is 0 Å². The van der Waals surface area contributed by atoms with Gasteiger partial charge in [-0.1, -0.05) is 12.1 Å². The molecule has 0 aliphatic heterocycles. The second kappa shape index (κ2) is 7.97. The van der Waals surface area contributed by atoms with Crippen LogP contribution in [0.1, 0.15) is 22.3 Å². The van der Waals surface area contributed by atoms with Gasteiger partial charge in [0, 0.05) is 37.2 Å². The number of carbonyl (C=O) groups is 1. The van der Waals surface area contributed by atoms with E-state index in [9.17, 15) is 18.0 Å². The van der Waals surface area contributed by atoms with Crippen LogP contribution in [0.4, 0.5) is 13.2 Å². The lowest BCUT2D eigenvalue weighted by molar-refractivity contribution is -0.137. The predicted molar refractivity (Wildman–Crippen MR) is 104 cm³/mol. The van der Waals surface area contributed by atoms with Crippen molar-refractivity contribution in [3.05, 3.63) is 66.4 Å². The molecular formula is C20H17F3N6O. The van der Waals surface area contributed by atoms with Gasteiger partial charge in [0.15, 0.2) is 5.65 Å². The molecule has 0 bridgehead atoms. The summed E-state index contributed by atoms with van der Waals surface area (Å²) in [5.41, 5.74) is 0.840. The second-order valence-electron chi connectivity index (χ2n) is 6.63. The van der Waals surface area contributed by atoms with Gasteiger partial charge in [-0.3, -0.25) is 4.79 Å². The summed E-state index contributed by atoms with van der Waals surface area (Å²) < 4.78 is 40.2. The molecular weight excluding hydrogens is 397 g/mol. The highest BCUT2D eigenvalue weighted by Gasteiger charge is 2.30. The molecule has 30 heavy (non-hydrogen) atoms. The molecule has 0 radical (unpaired) electrons. The Morgan fingerprint density at radius 3 is 2.63 bits per heavy atom. The average molecular weight is 414 g/mol. The Morgan fingerprint density at radius 1 is 1.13 bits per heavy atom. The molecule has 0 saturated heterocycles. The van der Waals surface area contributed by atoms with Gasteiger partial charge in [-0.2, -0.15) is 13.2 Å². The Balaban J connectivity index is 1.49. The summed E-state index contributed by atoms with van der Waals surface area (Å²) in [7, 11) is 0. The summed E-state index contributed by atoms with van der Waals surface area (Å²) in [6.45, 7) is 1.20. The standard InChI is InChI=1S/C20H17F3N6O/c21-20(22,23)14-4-2-13(3-5-14)17-27-16-15(6-8-25-18(16)28-17)19(30)26-7-1-10-29-11-9-24-12-29/h2-6,8-9,11-12H,1,7,10H2,(H,26,30)(H,25,27,28). The first kappa shape index (κ1) is 19.6.